The van der Waals surface area contributed by atoms with Crippen LogP contribution in [0.3, 0.4) is 0 Å². The molecule has 1 rings (SSSR count). The molecule has 1 atom stereocenters. The number of hydrogen-bond acceptors (Lipinski definition) is 1. The van der Waals surface area contributed by atoms with E-state index < -0.39 is 0 Å². The summed E-state index contributed by atoms with van der Waals surface area (Å²) in [6.45, 7) is 2.22. The molecule has 0 heterocycles. The van der Waals surface area contributed by atoms with E-state index in [1.165, 1.54) is 12.8 Å². The molecule has 10 heavy (non-hydrogen) atoms. The second-order valence-corrected chi connectivity index (χ2v) is 3.24. The minimum absolute atomic E-state index is 0.482. The first-order chi connectivity index (χ1) is 4.83. The van der Waals surface area contributed by atoms with Gasteiger partial charge >= 0.3 is 0 Å². The summed E-state index contributed by atoms with van der Waals surface area (Å²) in [5.74, 6) is 1.32. The van der Waals surface area contributed by atoms with E-state index >= 15 is 0 Å². The average Bonchev–Trinajstić information content (AvgIpc) is 2.14. The molecule has 1 saturated carbocycles. The Balaban J connectivity index is 2.33. The van der Waals surface area contributed by atoms with Crippen molar-refractivity contribution in [1.82, 2.24) is 0 Å². The van der Waals surface area contributed by atoms with Crippen molar-refractivity contribution in [3.63, 3.8) is 0 Å². The van der Waals surface area contributed by atoms with Gasteiger partial charge in [-0.15, -0.1) is 0 Å². The highest BCUT2D eigenvalue weighted by Gasteiger charge is 2.13. The molecule has 0 radical (unpaired) electrons. The van der Waals surface area contributed by atoms with E-state index in [1.807, 2.05) is 0 Å². The summed E-state index contributed by atoms with van der Waals surface area (Å²) in [5.41, 5.74) is 0. The molecule has 0 amide bonds. The molecule has 1 aliphatic carbocycles. The van der Waals surface area contributed by atoms with Gasteiger partial charge in [0.1, 0.15) is 5.78 Å². The van der Waals surface area contributed by atoms with E-state index in [-0.39, 0.29) is 0 Å². The lowest BCUT2D eigenvalue weighted by Gasteiger charge is -2.08. The predicted molar refractivity (Wildman–Crippen MR) is 41.9 cm³/mol. The van der Waals surface area contributed by atoms with Crippen molar-refractivity contribution in [3.8, 4) is 0 Å². The number of carbonyl (C=O) groups excluding carboxylic acids is 1. The smallest absolute Gasteiger partial charge is 0.132 e. The maximum atomic E-state index is 10.9. The molecule has 0 spiro atoms. The van der Waals surface area contributed by atoms with Gasteiger partial charge in [0.15, 0.2) is 0 Å². The van der Waals surface area contributed by atoms with Crippen LogP contribution in [-0.2, 0) is 4.79 Å². The molecule has 1 aliphatic rings. The van der Waals surface area contributed by atoms with Crippen LogP contribution in [0, 0.1) is 5.92 Å². The molecular formula is C9H16O. The molecule has 0 aromatic rings. The van der Waals surface area contributed by atoms with Crippen LogP contribution >= 0.6 is 0 Å². The fourth-order valence-corrected chi connectivity index (χ4v) is 1.63. The van der Waals surface area contributed by atoms with E-state index in [1.54, 1.807) is 0 Å². The second-order valence-electron chi connectivity index (χ2n) is 3.24. The standard InChI is InChI=1S/C9H16O/c1-2-8-4-3-5-9(10)7-6-8/h8H,2-7H2,1H3/t8-/m1/s1. The highest BCUT2D eigenvalue weighted by Crippen LogP contribution is 2.22. The van der Waals surface area contributed by atoms with E-state index in [0.29, 0.717) is 5.78 Å². The third-order valence-electron chi connectivity index (χ3n) is 2.48. The van der Waals surface area contributed by atoms with Gasteiger partial charge in [0, 0.05) is 12.8 Å². The highest BCUT2D eigenvalue weighted by molar-refractivity contribution is 5.78. The molecule has 0 saturated heterocycles. The number of carbonyl (C=O) groups is 1. The molecule has 0 aliphatic heterocycles. The Morgan fingerprint density at radius 1 is 1.40 bits per heavy atom. The predicted octanol–water partition coefficient (Wildman–Crippen LogP) is 2.55. The van der Waals surface area contributed by atoms with Crippen LogP contribution in [0.25, 0.3) is 0 Å². The Kier molecular flexibility index (Phi) is 2.91. The van der Waals surface area contributed by atoms with Crippen molar-refractivity contribution < 1.29 is 4.79 Å². The van der Waals surface area contributed by atoms with E-state index in [9.17, 15) is 4.79 Å². The Hall–Kier alpha value is -0.330. The number of hydrogen-bond donors (Lipinski definition) is 0. The van der Waals surface area contributed by atoms with Gasteiger partial charge in [-0.1, -0.05) is 19.8 Å². The summed E-state index contributed by atoms with van der Waals surface area (Å²) in [6, 6.07) is 0. The summed E-state index contributed by atoms with van der Waals surface area (Å²) in [7, 11) is 0. The van der Waals surface area contributed by atoms with Gasteiger partial charge in [0.25, 0.3) is 0 Å². The average molecular weight is 140 g/mol. The number of ketones is 1. The highest BCUT2D eigenvalue weighted by atomic mass is 16.1. The molecule has 0 aromatic carbocycles. The quantitative estimate of drug-likeness (QED) is 0.511. The minimum atomic E-state index is 0.482. The molecule has 0 unspecified atom stereocenters. The van der Waals surface area contributed by atoms with Gasteiger partial charge < -0.3 is 0 Å². The zero-order valence-electron chi connectivity index (χ0n) is 6.73. The zero-order valence-corrected chi connectivity index (χ0v) is 6.73. The monoisotopic (exact) mass is 140 g/mol. The van der Waals surface area contributed by atoms with Crippen molar-refractivity contribution in [2.75, 3.05) is 0 Å². The summed E-state index contributed by atoms with van der Waals surface area (Å²) in [6.07, 6.45) is 6.51. The molecular weight excluding hydrogens is 124 g/mol. The van der Waals surface area contributed by atoms with Crippen LogP contribution in [-0.4, -0.2) is 5.78 Å². The number of Topliss-reactive ketones (excluding diaryl/α,β-unsaturated/α-hetero) is 1. The summed E-state index contributed by atoms with van der Waals surface area (Å²) < 4.78 is 0. The minimum Gasteiger partial charge on any atom is -0.300 e. The first kappa shape index (κ1) is 7.77. The van der Waals surface area contributed by atoms with Crippen molar-refractivity contribution in [1.29, 1.82) is 0 Å². The van der Waals surface area contributed by atoms with Crippen LogP contribution in [0.4, 0.5) is 0 Å². The van der Waals surface area contributed by atoms with Crippen LogP contribution in [0.2, 0.25) is 0 Å². The third kappa shape index (κ3) is 2.13. The fraction of sp³-hybridized carbons (Fsp3) is 0.889. The normalized spacial score (nSPS) is 28.1. The molecule has 1 heteroatoms. The summed E-state index contributed by atoms with van der Waals surface area (Å²) >= 11 is 0. The molecule has 58 valence electrons. The van der Waals surface area contributed by atoms with Crippen molar-refractivity contribution in [3.05, 3.63) is 0 Å². The van der Waals surface area contributed by atoms with Gasteiger partial charge in [0.05, 0.1) is 0 Å². The Bertz CT molecular complexity index is 118. The molecule has 0 bridgehead atoms. The first-order valence-corrected chi connectivity index (χ1v) is 4.34. The maximum absolute atomic E-state index is 10.9. The Labute approximate surface area is 62.8 Å². The lowest BCUT2D eigenvalue weighted by atomic mass is 9.98. The maximum Gasteiger partial charge on any atom is 0.132 e. The lowest BCUT2D eigenvalue weighted by Crippen LogP contribution is -1.96. The van der Waals surface area contributed by atoms with Crippen molar-refractivity contribution in [2.45, 2.75) is 45.4 Å². The lowest BCUT2D eigenvalue weighted by molar-refractivity contribution is -0.118. The molecule has 0 N–H and O–H groups in total. The Morgan fingerprint density at radius 2 is 2.20 bits per heavy atom. The first-order valence-electron chi connectivity index (χ1n) is 4.34. The fourth-order valence-electron chi connectivity index (χ4n) is 1.63. The van der Waals surface area contributed by atoms with E-state index in [2.05, 4.69) is 6.92 Å². The van der Waals surface area contributed by atoms with Crippen LogP contribution in [0.15, 0.2) is 0 Å². The largest absolute Gasteiger partial charge is 0.300 e. The Morgan fingerprint density at radius 3 is 2.90 bits per heavy atom. The SMILES string of the molecule is CC[C@@H]1CCCC(=O)CC1. The second kappa shape index (κ2) is 3.75. The topological polar surface area (TPSA) is 17.1 Å². The van der Waals surface area contributed by atoms with Gasteiger partial charge in [-0.2, -0.15) is 0 Å². The summed E-state index contributed by atoms with van der Waals surface area (Å²) in [4.78, 5) is 10.9. The summed E-state index contributed by atoms with van der Waals surface area (Å²) in [5, 5.41) is 0. The molecule has 1 nitrogen and oxygen atoms in total. The van der Waals surface area contributed by atoms with Crippen molar-refractivity contribution >= 4 is 5.78 Å². The van der Waals surface area contributed by atoms with E-state index in [4.69, 9.17) is 0 Å². The van der Waals surface area contributed by atoms with Gasteiger partial charge in [-0.3, -0.25) is 4.79 Å². The third-order valence-corrected chi connectivity index (χ3v) is 2.48. The van der Waals surface area contributed by atoms with Crippen molar-refractivity contribution in [2.24, 2.45) is 5.92 Å². The van der Waals surface area contributed by atoms with Crippen LogP contribution in [0.1, 0.15) is 45.4 Å². The van der Waals surface area contributed by atoms with Gasteiger partial charge in [-0.05, 0) is 18.8 Å². The van der Waals surface area contributed by atoms with Gasteiger partial charge in [0.2, 0.25) is 0 Å². The zero-order chi connectivity index (χ0) is 7.40. The molecule has 0 aromatic heterocycles. The van der Waals surface area contributed by atoms with Gasteiger partial charge in [-0.25, -0.2) is 0 Å². The number of rotatable bonds is 1. The van der Waals surface area contributed by atoms with Crippen LogP contribution in [0.5, 0.6) is 0 Å². The van der Waals surface area contributed by atoms with E-state index in [0.717, 1.165) is 31.6 Å². The molecule has 1 fully saturated rings. The van der Waals surface area contributed by atoms with Crippen LogP contribution < -0.4 is 0 Å².